The van der Waals surface area contributed by atoms with Gasteiger partial charge in [0, 0.05) is 30.5 Å². The van der Waals surface area contributed by atoms with Crippen molar-refractivity contribution in [3.05, 3.63) is 41.3 Å². The number of hydrogen-bond donors (Lipinski definition) is 0. The van der Waals surface area contributed by atoms with Gasteiger partial charge < -0.3 is 4.74 Å². The second-order valence-corrected chi connectivity index (χ2v) is 8.97. The van der Waals surface area contributed by atoms with Gasteiger partial charge in [0.2, 0.25) is 0 Å². The maximum absolute atomic E-state index is 6.65. The fourth-order valence-electron chi connectivity index (χ4n) is 5.07. The van der Waals surface area contributed by atoms with E-state index < -0.39 is 0 Å². The Hall–Kier alpha value is -1.89. The molecule has 2 aliphatic heterocycles. The molecule has 6 rings (SSSR count). The van der Waals surface area contributed by atoms with Crippen LogP contribution in [0, 0.1) is 5.41 Å². The third-order valence-electron chi connectivity index (χ3n) is 6.63. The first-order chi connectivity index (χ1) is 13.1. The van der Waals surface area contributed by atoms with Gasteiger partial charge in [-0.15, -0.1) is 0 Å². The Morgan fingerprint density at radius 1 is 1.15 bits per heavy atom. The summed E-state index contributed by atoms with van der Waals surface area (Å²) in [5.41, 5.74) is 3.86. The summed E-state index contributed by atoms with van der Waals surface area (Å²) in [7, 11) is 1.92. The summed E-state index contributed by atoms with van der Waals surface area (Å²) in [5.74, 6) is 0.555. The van der Waals surface area contributed by atoms with E-state index in [9.17, 15) is 0 Å². The molecular formula is C20H22ClN5O. The lowest BCUT2D eigenvalue weighted by atomic mass is 9.56. The van der Waals surface area contributed by atoms with Crippen LogP contribution in [0.25, 0.3) is 16.6 Å². The zero-order valence-electron chi connectivity index (χ0n) is 15.3. The van der Waals surface area contributed by atoms with Crippen LogP contribution >= 0.6 is 11.6 Å². The van der Waals surface area contributed by atoms with E-state index in [1.165, 1.54) is 31.5 Å². The van der Waals surface area contributed by atoms with Crippen molar-refractivity contribution in [2.45, 2.75) is 24.8 Å². The molecule has 1 aromatic carbocycles. The van der Waals surface area contributed by atoms with Gasteiger partial charge in [0.25, 0.3) is 0 Å². The molecule has 4 heterocycles. The number of nitrogens with zero attached hydrogens (tertiary/aromatic N) is 5. The van der Waals surface area contributed by atoms with Crippen LogP contribution in [0.2, 0.25) is 5.02 Å². The minimum Gasteiger partial charge on any atom is -0.378 e. The molecule has 3 fully saturated rings. The Kier molecular flexibility index (Phi) is 3.32. The number of fused-ring (bicyclic) bond motifs is 1. The first-order valence-corrected chi connectivity index (χ1v) is 9.96. The first-order valence-electron chi connectivity index (χ1n) is 9.58. The molecule has 0 radical (unpaired) electrons. The molecule has 1 spiro atoms. The topological polar surface area (TPSA) is 48.1 Å². The highest BCUT2D eigenvalue weighted by molar-refractivity contribution is 6.32. The zero-order valence-corrected chi connectivity index (χ0v) is 16.1. The molecule has 6 nitrogen and oxygen atoms in total. The second-order valence-electron chi connectivity index (χ2n) is 8.56. The van der Waals surface area contributed by atoms with Crippen LogP contribution in [0.5, 0.6) is 0 Å². The quantitative estimate of drug-likeness (QED) is 0.697. The van der Waals surface area contributed by atoms with E-state index in [-0.39, 0.29) is 0 Å². The smallest absolute Gasteiger partial charge is 0.103 e. The van der Waals surface area contributed by atoms with Gasteiger partial charge in [0.1, 0.15) is 5.69 Å². The molecular weight excluding hydrogens is 362 g/mol. The molecule has 27 heavy (non-hydrogen) atoms. The molecule has 3 aliphatic rings. The Balaban J connectivity index is 1.26. The van der Waals surface area contributed by atoms with E-state index in [4.69, 9.17) is 16.3 Å². The van der Waals surface area contributed by atoms with Gasteiger partial charge in [0.15, 0.2) is 0 Å². The van der Waals surface area contributed by atoms with Crippen molar-refractivity contribution in [2.75, 3.05) is 26.3 Å². The Morgan fingerprint density at radius 2 is 1.96 bits per heavy atom. The number of hydrogen-bond acceptors (Lipinski definition) is 4. The number of aryl methyl sites for hydroxylation is 1. The highest BCUT2D eigenvalue weighted by Gasteiger charge is 2.54. The van der Waals surface area contributed by atoms with E-state index in [0.717, 1.165) is 34.8 Å². The van der Waals surface area contributed by atoms with Crippen molar-refractivity contribution in [1.29, 1.82) is 0 Å². The molecule has 1 saturated carbocycles. The van der Waals surface area contributed by atoms with Gasteiger partial charge in [0.05, 0.1) is 43.4 Å². The normalized spacial score (nSPS) is 22.7. The Morgan fingerprint density at radius 3 is 2.63 bits per heavy atom. The predicted octanol–water partition coefficient (Wildman–Crippen LogP) is 2.99. The minimum absolute atomic E-state index is 0.516. The van der Waals surface area contributed by atoms with Crippen molar-refractivity contribution in [2.24, 2.45) is 12.5 Å². The van der Waals surface area contributed by atoms with Crippen molar-refractivity contribution in [1.82, 2.24) is 24.5 Å². The van der Waals surface area contributed by atoms with Crippen LogP contribution in [-0.4, -0.2) is 56.8 Å². The number of ether oxygens (including phenoxy) is 1. The number of benzene rings is 1. The summed E-state index contributed by atoms with van der Waals surface area (Å²) >= 11 is 6.65. The van der Waals surface area contributed by atoms with E-state index >= 15 is 0 Å². The van der Waals surface area contributed by atoms with E-state index in [1.807, 2.05) is 30.3 Å². The van der Waals surface area contributed by atoms with Crippen LogP contribution < -0.4 is 0 Å². The standard InChI is InChI=1S/C20H22ClN5O/c1-24-8-15(7-22-24)26-19-3-17(18(21)2-13(19)6-23-26)14-4-20(5-14)11-25(12-20)16-9-27-10-16/h2-3,6-8,14,16H,4-5,9-12H2,1H3. The molecule has 0 amide bonds. The van der Waals surface area contributed by atoms with Crippen LogP contribution in [0.3, 0.4) is 0 Å². The fraction of sp³-hybridized carbons (Fsp3) is 0.500. The maximum atomic E-state index is 6.65. The Bertz CT molecular complexity index is 1020. The lowest BCUT2D eigenvalue weighted by molar-refractivity contribution is -0.158. The van der Waals surface area contributed by atoms with Crippen LogP contribution in [0.15, 0.2) is 30.7 Å². The highest BCUT2D eigenvalue weighted by Crippen LogP contribution is 2.57. The molecule has 0 atom stereocenters. The lowest BCUT2D eigenvalue weighted by Crippen LogP contribution is -2.67. The SMILES string of the molecule is Cn1cc(-n2ncc3cc(Cl)c(C4CC5(C4)CN(C4COC4)C5)cc32)cn1. The molecule has 0 bridgehead atoms. The van der Waals surface area contributed by atoms with Gasteiger partial charge in [-0.2, -0.15) is 10.2 Å². The molecule has 7 heteroatoms. The summed E-state index contributed by atoms with van der Waals surface area (Å²) in [6, 6.07) is 4.98. The third-order valence-corrected chi connectivity index (χ3v) is 6.96. The highest BCUT2D eigenvalue weighted by atomic mass is 35.5. The monoisotopic (exact) mass is 383 g/mol. The van der Waals surface area contributed by atoms with Gasteiger partial charge in [-0.05, 0) is 41.9 Å². The average molecular weight is 384 g/mol. The summed E-state index contributed by atoms with van der Waals surface area (Å²) in [6.45, 7) is 4.29. The first kappa shape index (κ1) is 16.1. The number of aromatic nitrogens is 4. The molecule has 2 aromatic heterocycles. The minimum atomic E-state index is 0.516. The van der Waals surface area contributed by atoms with Gasteiger partial charge in [-0.3, -0.25) is 9.58 Å². The van der Waals surface area contributed by atoms with Crippen molar-refractivity contribution in [3.8, 4) is 5.69 Å². The summed E-state index contributed by atoms with van der Waals surface area (Å²) in [6.07, 6.45) is 8.18. The van der Waals surface area contributed by atoms with E-state index in [2.05, 4.69) is 27.2 Å². The largest absolute Gasteiger partial charge is 0.378 e. The van der Waals surface area contributed by atoms with Crippen LogP contribution in [0.1, 0.15) is 24.3 Å². The third kappa shape index (κ3) is 2.40. The van der Waals surface area contributed by atoms with Gasteiger partial charge >= 0.3 is 0 Å². The van der Waals surface area contributed by atoms with Gasteiger partial charge in [-0.1, -0.05) is 11.6 Å². The number of halogens is 1. The molecule has 1 aliphatic carbocycles. The van der Waals surface area contributed by atoms with E-state index in [1.54, 1.807) is 4.68 Å². The second kappa shape index (κ2) is 5.56. The average Bonchev–Trinajstić information content (AvgIpc) is 3.11. The van der Waals surface area contributed by atoms with Crippen molar-refractivity contribution in [3.63, 3.8) is 0 Å². The molecule has 0 unspecified atom stereocenters. The molecule has 0 N–H and O–H groups in total. The number of likely N-dealkylation sites (tertiary alicyclic amines) is 1. The van der Waals surface area contributed by atoms with Crippen LogP contribution in [-0.2, 0) is 11.8 Å². The molecule has 3 aromatic rings. The summed E-state index contributed by atoms with van der Waals surface area (Å²) in [5, 5.41) is 10.8. The zero-order chi connectivity index (χ0) is 18.2. The van der Waals surface area contributed by atoms with Crippen molar-refractivity contribution < 1.29 is 4.74 Å². The lowest BCUT2D eigenvalue weighted by Gasteiger charge is -2.62. The molecule has 2 saturated heterocycles. The maximum Gasteiger partial charge on any atom is 0.103 e. The van der Waals surface area contributed by atoms with Crippen molar-refractivity contribution >= 4 is 22.5 Å². The van der Waals surface area contributed by atoms with E-state index in [0.29, 0.717) is 17.4 Å². The summed E-state index contributed by atoms with van der Waals surface area (Å²) in [4.78, 5) is 2.59. The molecule has 140 valence electrons. The predicted molar refractivity (Wildman–Crippen MR) is 103 cm³/mol. The summed E-state index contributed by atoms with van der Waals surface area (Å²) < 4.78 is 9.08. The Labute approximate surface area is 162 Å². The fourth-order valence-corrected chi connectivity index (χ4v) is 5.40. The number of rotatable bonds is 3. The van der Waals surface area contributed by atoms with Crippen LogP contribution in [0.4, 0.5) is 0 Å². The van der Waals surface area contributed by atoms with Gasteiger partial charge in [-0.25, -0.2) is 4.68 Å².